The van der Waals surface area contributed by atoms with Gasteiger partial charge in [-0.25, -0.2) is 10.4 Å². The molecule has 0 spiro atoms. The summed E-state index contributed by atoms with van der Waals surface area (Å²) in [5.74, 6) is 1.94. The van der Waals surface area contributed by atoms with E-state index < -0.39 is 0 Å². The Labute approximate surface area is 193 Å². The van der Waals surface area contributed by atoms with Gasteiger partial charge in [0.05, 0.1) is 16.4 Å². The Morgan fingerprint density at radius 2 is 1.88 bits per heavy atom. The molecule has 0 aliphatic carbocycles. The lowest BCUT2D eigenvalue weighted by Gasteiger charge is -2.18. The number of rotatable bonds is 6. The van der Waals surface area contributed by atoms with Crippen LogP contribution in [0.5, 0.6) is 11.5 Å². The van der Waals surface area contributed by atoms with Crippen molar-refractivity contribution in [1.29, 1.82) is 0 Å². The quantitative estimate of drug-likeness (QED) is 0.245. The van der Waals surface area contributed by atoms with Crippen molar-refractivity contribution < 1.29 is 14.3 Å². The number of hydrogen-bond acceptors (Lipinski definition) is 7. The first-order valence-electron chi connectivity index (χ1n) is 10.0. The first kappa shape index (κ1) is 20.5. The van der Waals surface area contributed by atoms with Gasteiger partial charge < -0.3 is 9.47 Å². The third kappa shape index (κ3) is 4.76. The van der Waals surface area contributed by atoms with Crippen LogP contribution < -0.4 is 14.9 Å². The lowest BCUT2D eigenvalue weighted by Crippen LogP contribution is -2.17. The number of hydrogen-bond donors (Lipinski definition) is 1. The summed E-state index contributed by atoms with van der Waals surface area (Å²) in [4.78, 5) is 17.0. The Bertz CT molecular complexity index is 1250. The van der Waals surface area contributed by atoms with E-state index in [-0.39, 0.29) is 5.91 Å². The second kappa shape index (κ2) is 9.42. The zero-order chi connectivity index (χ0) is 21.8. The molecule has 8 heteroatoms. The standard InChI is InChI=1S/C24H19N3O3S2/c28-23(27-25-14-17-7-10-20-21(13-17)30-12-11-29-20)18-8-5-16(6-9-18)15-31-24-26-19-3-1-2-4-22(19)32-24/h1-10,13-14H,11-12,15H2,(H,27,28). The molecule has 5 rings (SSSR count). The molecule has 2 heterocycles. The Kier molecular flexibility index (Phi) is 6.04. The van der Waals surface area contributed by atoms with Crippen LogP contribution in [0.1, 0.15) is 21.5 Å². The van der Waals surface area contributed by atoms with Gasteiger partial charge in [-0.2, -0.15) is 5.10 Å². The third-order valence-electron chi connectivity index (χ3n) is 4.80. The Morgan fingerprint density at radius 3 is 2.72 bits per heavy atom. The average Bonchev–Trinajstić information content (AvgIpc) is 3.26. The number of nitrogens with zero attached hydrogens (tertiary/aromatic N) is 2. The fourth-order valence-electron chi connectivity index (χ4n) is 3.18. The highest BCUT2D eigenvalue weighted by Crippen LogP contribution is 2.31. The van der Waals surface area contributed by atoms with Crippen molar-refractivity contribution in [1.82, 2.24) is 10.4 Å². The number of amides is 1. The summed E-state index contributed by atoms with van der Waals surface area (Å²) in [6, 6.07) is 21.2. The molecule has 1 aliphatic heterocycles. The maximum Gasteiger partial charge on any atom is 0.271 e. The number of benzene rings is 3. The van der Waals surface area contributed by atoms with Gasteiger partial charge in [0.2, 0.25) is 0 Å². The minimum Gasteiger partial charge on any atom is -0.486 e. The minimum absolute atomic E-state index is 0.260. The number of hydrazone groups is 1. The summed E-state index contributed by atoms with van der Waals surface area (Å²) in [5.41, 5.74) is 6.10. The van der Waals surface area contributed by atoms with Gasteiger partial charge in [0.25, 0.3) is 5.91 Å². The molecule has 160 valence electrons. The molecule has 1 N–H and O–H groups in total. The SMILES string of the molecule is O=C(NN=Cc1ccc2c(c1)OCCO2)c1ccc(CSc2nc3ccccc3s2)cc1. The van der Waals surface area contributed by atoms with Gasteiger partial charge in [-0.05, 0) is 53.6 Å². The first-order chi connectivity index (χ1) is 15.7. The normalized spacial score (nSPS) is 12.9. The molecule has 3 aromatic carbocycles. The van der Waals surface area contributed by atoms with Crippen molar-refractivity contribution >= 4 is 45.4 Å². The molecule has 0 saturated carbocycles. The van der Waals surface area contributed by atoms with Crippen LogP contribution in [0.2, 0.25) is 0 Å². The van der Waals surface area contributed by atoms with Crippen LogP contribution in [-0.4, -0.2) is 30.3 Å². The minimum atomic E-state index is -0.260. The molecular weight excluding hydrogens is 442 g/mol. The van der Waals surface area contributed by atoms with Gasteiger partial charge in [-0.1, -0.05) is 36.0 Å². The maximum atomic E-state index is 12.4. The molecule has 1 aliphatic rings. The van der Waals surface area contributed by atoms with E-state index in [1.165, 1.54) is 4.70 Å². The van der Waals surface area contributed by atoms with Crippen LogP contribution in [0.4, 0.5) is 0 Å². The van der Waals surface area contributed by atoms with Crippen LogP contribution in [0, 0.1) is 0 Å². The van der Waals surface area contributed by atoms with Gasteiger partial charge in [-0.3, -0.25) is 4.79 Å². The molecule has 0 unspecified atom stereocenters. The van der Waals surface area contributed by atoms with Crippen LogP contribution in [0.15, 0.2) is 76.2 Å². The Morgan fingerprint density at radius 1 is 1.06 bits per heavy atom. The molecule has 0 saturated heterocycles. The van der Waals surface area contributed by atoms with Crippen molar-refractivity contribution in [2.24, 2.45) is 5.10 Å². The van der Waals surface area contributed by atoms with E-state index >= 15 is 0 Å². The van der Waals surface area contributed by atoms with Gasteiger partial charge in [0.1, 0.15) is 13.2 Å². The van der Waals surface area contributed by atoms with Crippen molar-refractivity contribution in [3.63, 3.8) is 0 Å². The summed E-state index contributed by atoms with van der Waals surface area (Å²) in [5, 5.41) is 4.05. The second-order valence-electron chi connectivity index (χ2n) is 7.04. The lowest BCUT2D eigenvalue weighted by molar-refractivity contribution is 0.0955. The Balaban J connectivity index is 1.15. The molecule has 4 aromatic rings. The second-order valence-corrected chi connectivity index (χ2v) is 9.29. The summed E-state index contributed by atoms with van der Waals surface area (Å²) >= 11 is 3.40. The highest BCUT2D eigenvalue weighted by atomic mass is 32.2. The summed E-state index contributed by atoms with van der Waals surface area (Å²) in [6.07, 6.45) is 1.58. The number of thiazole rings is 1. The predicted molar refractivity (Wildman–Crippen MR) is 128 cm³/mol. The third-order valence-corrected chi connectivity index (χ3v) is 7.05. The summed E-state index contributed by atoms with van der Waals surface area (Å²) in [7, 11) is 0. The van der Waals surface area contributed by atoms with E-state index in [1.54, 1.807) is 29.3 Å². The largest absolute Gasteiger partial charge is 0.486 e. The highest BCUT2D eigenvalue weighted by molar-refractivity contribution is 8.00. The molecule has 0 fully saturated rings. The summed E-state index contributed by atoms with van der Waals surface area (Å²) < 4.78 is 13.3. The van der Waals surface area contributed by atoms with Gasteiger partial charge >= 0.3 is 0 Å². The number of fused-ring (bicyclic) bond motifs is 2. The number of thioether (sulfide) groups is 1. The van der Waals surface area contributed by atoms with Gasteiger partial charge in [0.15, 0.2) is 15.8 Å². The van der Waals surface area contributed by atoms with Gasteiger partial charge in [-0.15, -0.1) is 11.3 Å². The van der Waals surface area contributed by atoms with Crippen molar-refractivity contribution in [2.75, 3.05) is 13.2 Å². The molecular formula is C24H19N3O3S2. The number of aromatic nitrogens is 1. The fourth-order valence-corrected chi connectivity index (χ4v) is 5.20. The number of carbonyl (C=O) groups excluding carboxylic acids is 1. The average molecular weight is 462 g/mol. The smallest absolute Gasteiger partial charge is 0.271 e. The summed E-state index contributed by atoms with van der Waals surface area (Å²) in [6.45, 7) is 1.08. The number of para-hydroxylation sites is 1. The van der Waals surface area contributed by atoms with Crippen LogP contribution in [0.25, 0.3) is 10.2 Å². The first-order valence-corrected chi connectivity index (χ1v) is 11.9. The fraction of sp³-hybridized carbons (Fsp3) is 0.125. The monoisotopic (exact) mass is 461 g/mol. The van der Waals surface area contributed by atoms with Crippen molar-refractivity contribution in [3.8, 4) is 11.5 Å². The highest BCUT2D eigenvalue weighted by Gasteiger charge is 2.11. The number of ether oxygens (including phenoxy) is 2. The van der Waals surface area contributed by atoms with Crippen LogP contribution >= 0.6 is 23.1 Å². The molecule has 1 amide bonds. The van der Waals surface area contributed by atoms with Crippen molar-refractivity contribution in [3.05, 3.63) is 83.4 Å². The zero-order valence-electron chi connectivity index (χ0n) is 17.0. The predicted octanol–water partition coefficient (Wildman–Crippen LogP) is 5.12. The van der Waals surface area contributed by atoms with E-state index in [2.05, 4.69) is 21.6 Å². The number of nitrogens with one attached hydrogen (secondary N) is 1. The van der Waals surface area contributed by atoms with E-state index in [4.69, 9.17) is 9.47 Å². The van der Waals surface area contributed by atoms with Crippen LogP contribution in [-0.2, 0) is 5.75 Å². The van der Waals surface area contributed by atoms with E-state index in [0.717, 1.165) is 32.5 Å². The number of carbonyl (C=O) groups is 1. The van der Waals surface area contributed by atoms with E-state index in [0.29, 0.717) is 24.5 Å². The molecule has 1 aromatic heterocycles. The zero-order valence-corrected chi connectivity index (χ0v) is 18.6. The molecule has 0 atom stereocenters. The van der Waals surface area contributed by atoms with E-state index in [1.807, 2.05) is 60.7 Å². The molecule has 0 radical (unpaired) electrons. The molecule has 32 heavy (non-hydrogen) atoms. The van der Waals surface area contributed by atoms with Crippen molar-refractivity contribution in [2.45, 2.75) is 10.1 Å². The lowest BCUT2D eigenvalue weighted by atomic mass is 10.1. The van der Waals surface area contributed by atoms with Gasteiger partial charge in [0, 0.05) is 11.3 Å². The van der Waals surface area contributed by atoms with Crippen LogP contribution in [0.3, 0.4) is 0 Å². The van der Waals surface area contributed by atoms with E-state index in [9.17, 15) is 4.79 Å². The molecule has 0 bridgehead atoms. The Hall–Kier alpha value is -3.36. The molecule has 6 nitrogen and oxygen atoms in total. The maximum absolute atomic E-state index is 12.4. The topological polar surface area (TPSA) is 72.8 Å².